The van der Waals surface area contributed by atoms with Crippen molar-refractivity contribution in [3.8, 4) is 0 Å². The van der Waals surface area contributed by atoms with E-state index in [4.69, 9.17) is 11.6 Å². The lowest BCUT2D eigenvalue weighted by Crippen LogP contribution is -2.11. The number of rotatable bonds is 6. The van der Waals surface area contributed by atoms with Gasteiger partial charge in [-0.3, -0.25) is 14.9 Å². The molecule has 0 fully saturated rings. The topological polar surface area (TPSA) is 63.5 Å². The van der Waals surface area contributed by atoms with E-state index in [0.717, 1.165) is 5.69 Å². The molecular formula is C22H17ClN2O3. The van der Waals surface area contributed by atoms with Crippen molar-refractivity contribution in [2.24, 2.45) is 0 Å². The molecule has 0 amide bonds. The third-order valence-electron chi connectivity index (χ3n) is 4.26. The molecule has 0 radical (unpaired) electrons. The van der Waals surface area contributed by atoms with Crippen molar-refractivity contribution >= 4 is 40.5 Å². The minimum atomic E-state index is -0.423. The summed E-state index contributed by atoms with van der Waals surface area (Å²) in [7, 11) is 1.78. The molecule has 140 valence electrons. The highest BCUT2D eigenvalue weighted by atomic mass is 35.5. The molecule has 28 heavy (non-hydrogen) atoms. The monoisotopic (exact) mass is 392 g/mol. The zero-order chi connectivity index (χ0) is 20.1. The van der Waals surface area contributed by atoms with Gasteiger partial charge >= 0.3 is 0 Å². The number of ketones is 1. The van der Waals surface area contributed by atoms with Crippen molar-refractivity contribution in [3.63, 3.8) is 0 Å². The Balaban J connectivity index is 1.87. The first-order valence-electron chi connectivity index (χ1n) is 8.51. The second-order valence-electron chi connectivity index (χ2n) is 6.10. The standard InChI is InChI=1S/C22H17ClN2O3/c1-24(19-5-3-2-4-6-19)20-13-7-16(15-21(20)25(27)28)8-14-22(26)17-9-11-18(23)12-10-17/h2-15H,1H3. The fourth-order valence-corrected chi connectivity index (χ4v) is 2.87. The lowest BCUT2D eigenvalue weighted by molar-refractivity contribution is -0.384. The van der Waals surface area contributed by atoms with E-state index in [9.17, 15) is 14.9 Å². The second-order valence-corrected chi connectivity index (χ2v) is 6.54. The number of hydrogen-bond donors (Lipinski definition) is 0. The number of nitrogens with zero attached hydrogens (tertiary/aromatic N) is 2. The van der Waals surface area contributed by atoms with Gasteiger partial charge in [0.2, 0.25) is 0 Å². The van der Waals surface area contributed by atoms with Crippen LogP contribution in [0.25, 0.3) is 6.08 Å². The Bertz CT molecular complexity index is 1030. The first kappa shape index (κ1) is 19.3. The van der Waals surface area contributed by atoms with Crippen LogP contribution in [0.5, 0.6) is 0 Å². The van der Waals surface area contributed by atoms with Crippen LogP contribution >= 0.6 is 11.6 Å². The second kappa shape index (κ2) is 8.50. The van der Waals surface area contributed by atoms with Crippen LogP contribution in [0.15, 0.2) is 78.9 Å². The third kappa shape index (κ3) is 4.45. The summed E-state index contributed by atoms with van der Waals surface area (Å²) < 4.78 is 0. The molecule has 0 unspecified atom stereocenters. The molecule has 0 aliphatic rings. The lowest BCUT2D eigenvalue weighted by atomic mass is 10.1. The molecule has 0 atom stereocenters. The maximum absolute atomic E-state index is 12.2. The SMILES string of the molecule is CN(c1ccccc1)c1ccc(C=CC(=O)c2ccc(Cl)cc2)cc1[N+](=O)[O-]. The van der Waals surface area contributed by atoms with Gasteiger partial charge < -0.3 is 4.90 Å². The number of hydrogen-bond acceptors (Lipinski definition) is 4. The fourth-order valence-electron chi connectivity index (χ4n) is 2.75. The van der Waals surface area contributed by atoms with Gasteiger partial charge in [0, 0.05) is 29.4 Å². The van der Waals surface area contributed by atoms with E-state index in [1.165, 1.54) is 12.1 Å². The third-order valence-corrected chi connectivity index (χ3v) is 4.51. The molecular weight excluding hydrogens is 376 g/mol. The Labute approximate surface area is 167 Å². The summed E-state index contributed by atoms with van der Waals surface area (Å²) in [6, 6.07) is 20.8. The highest BCUT2D eigenvalue weighted by Gasteiger charge is 2.18. The van der Waals surface area contributed by atoms with E-state index in [-0.39, 0.29) is 11.5 Å². The Morgan fingerprint density at radius 2 is 1.71 bits per heavy atom. The van der Waals surface area contributed by atoms with E-state index < -0.39 is 4.92 Å². The van der Waals surface area contributed by atoms with Crippen molar-refractivity contribution < 1.29 is 9.72 Å². The average Bonchev–Trinajstić information content (AvgIpc) is 2.72. The largest absolute Gasteiger partial charge is 0.339 e. The molecule has 0 saturated carbocycles. The maximum atomic E-state index is 12.2. The number of carbonyl (C=O) groups is 1. The van der Waals surface area contributed by atoms with Gasteiger partial charge in [0.25, 0.3) is 5.69 Å². The van der Waals surface area contributed by atoms with Crippen LogP contribution in [0.3, 0.4) is 0 Å². The van der Waals surface area contributed by atoms with Gasteiger partial charge in [0.15, 0.2) is 5.78 Å². The van der Waals surface area contributed by atoms with Crippen molar-refractivity contribution in [2.45, 2.75) is 0 Å². The van der Waals surface area contributed by atoms with Crippen LogP contribution in [0, 0.1) is 10.1 Å². The normalized spacial score (nSPS) is 10.8. The first-order valence-corrected chi connectivity index (χ1v) is 8.89. The molecule has 0 saturated heterocycles. The van der Waals surface area contributed by atoms with Gasteiger partial charge in [-0.05, 0) is 54.1 Å². The zero-order valence-electron chi connectivity index (χ0n) is 15.1. The van der Waals surface area contributed by atoms with Gasteiger partial charge in [-0.2, -0.15) is 0 Å². The van der Waals surface area contributed by atoms with Gasteiger partial charge in [-0.15, -0.1) is 0 Å². The van der Waals surface area contributed by atoms with E-state index in [1.54, 1.807) is 54.4 Å². The van der Waals surface area contributed by atoms with Crippen LogP contribution in [0.4, 0.5) is 17.1 Å². The summed E-state index contributed by atoms with van der Waals surface area (Å²) in [5, 5.41) is 12.1. The highest BCUT2D eigenvalue weighted by molar-refractivity contribution is 6.30. The number of carbonyl (C=O) groups excluding carboxylic acids is 1. The van der Waals surface area contributed by atoms with Crippen LogP contribution in [0.1, 0.15) is 15.9 Å². The summed E-state index contributed by atoms with van der Waals surface area (Å²) >= 11 is 5.82. The molecule has 0 heterocycles. The molecule has 0 N–H and O–H groups in total. The summed E-state index contributed by atoms with van der Waals surface area (Å²) in [6.07, 6.45) is 2.96. The predicted octanol–water partition coefficient (Wildman–Crippen LogP) is 5.91. The Morgan fingerprint density at radius 1 is 1.04 bits per heavy atom. The van der Waals surface area contributed by atoms with Crippen molar-refractivity contribution in [1.82, 2.24) is 0 Å². The van der Waals surface area contributed by atoms with Crippen LogP contribution in [-0.2, 0) is 0 Å². The van der Waals surface area contributed by atoms with E-state index in [1.807, 2.05) is 30.3 Å². The number of nitro groups is 1. The summed E-state index contributed by atoms with van der Waals surface area (Å²) in [5.74, 6) is -0.204. The van der Waals surface area contributed by atoms with Gasteiger partial charge in [0.1, 0.15) is 5.69 Å². The van der Waals surface area contributed by atoms with E-state index in [2.05, 4.69) is 0 Å². The minimum absolute atomic E-state index is 0.0348. The van der Waals surface area contributed by atoms with Crippen molar-refractivity contribution in [3.05, 3.63) is 105 Å². The first-order chi connectivity index (χ1) is 13.5. The molecule has 3 aromatic rings. The lowest BCUT2D eigenvalue weighted by Gasteiger charge is -2.19. The van der Waals surface area contributed by atoms with Crippen LogP contribution in [0.2, 0.25) is 5.02 Å². The molecule has 0 aromatic heterocycles. The number of allylic oxidation sites excluding steroid dienone is 1. The molecule has 0 spiro atoms. The summed E-state index contributed by atoms with van der Waals surface area (Å²) in [6.45, 7) is 0. The van der Waals surface area contributed by atoms with E-state index >= 15 is 0 Å². The zero-order valence-corrected chi connectivity index (χ0v) is 15.8. The molecule has 6 heteroatoms. The fraction of sp³-hybridized carbons (Fsp3) is 0.0455. The Kier molecular flexibility index (Phi) is 5.87. The van der Waals surface area contributed by atoms with Gasteiger partial charge in [-0.25, -0.2) is 0 Å². The highest BCUT2D eigenvalue weighted by Crippen LogP contribution is 2.33. The number of nitro benzene ring substituents is 1. The molecule has 5 nitrogen and oxygen atoms in total. The van der Waals surface area contributed by atoms with Crippen LogP contribution < -0.4 is 4.90 Å². The number of benzene rings is 3. The van der Waals surface area contributed by atoms with Gasteiger partial charge in [-0.1, -0.05) is 41.9 Å². The molecule has 0 aliphatic carbocycles. The number of para-hydroxylation sites is 1. The van der Waals surface area contributed by atoms with Crippen molar-refractivity contribution in [2.75, 3.05) is 11.9 Å². The van der Waals surface area contributed by atoms with Crippen LogP contribution in [-0.4, -0.2) is 17.8 Å². The maximum Gasteiger partial charge on any atom is 0.293 e. The molecule has 3 aromatic carbocycles. The summed E-state index contributed by atoms with van der Waals surface area (Å²) in [5.41, 5.74) is 2.34. The molecule has 3 rings (SSSR count). The van der Waals surface area contributed by atoms with Crippen molar-refractivity contribution in [1.29, 1.82) is 0 Å². The smallest absolute Gasteiger partial charge is 0.293 e. The Hall–Kier alpha value is -3.44. The average molecular weight is 393 g/mol. The van der Waals surface area contributed by atoms with Gasteiger partial charge in [0.05, 0.1) is 4.92 Å². The molecule has 0 bridgehead atoms. The number of halogens is 1. The Morgan fingerprint density at radius 3 is 2.36 bits per heavy atom. The quantitative estimate of drug-likeness (QED) is 0.226. The predicted molar refractivity (Wildman–Crippen MR) is 112 cm³/mol. The molecule has 0 aliphatic heterocycles. The summed E-state index contributed by atoms with van der Waals surface area (Å²) in [4.78, 5) is 25.1. The number of anilines is 2. The minimum Gasteiger partial charge on any atom is -0.339 e. The van der Waals surface area contributed by atoms with E-state index in [0.29, 0.717) is 21.8 Å².